The van der Waals surface area contributed by atoms with Crippen molar-refractivity contribution < 1.29 is 17.9 Å². The maximum Gasteiger partial charge on any atom is 0.243 e. The molecule has 8 nitrogen and oxygen atoms in total. The average molecular weight is 407 g/mol. The van der Waals surface area contributed by atoms with E-state index in [1.807, 2.05) is 38.9 Å². The highest BCUT2D eigenvalue weighted by molar-refractivity contribution is 7.89. The number of ether oxygens (including phenoxy) is 2. The molecule has 3 rings (SSSR count). The van der Waals surface area contributed by atoms with Gasteiger partial charge in [0.1, 0.15) is 11.9 Å². The summed E-state index contributed by atoms with van der Waals surface area (Å²) in [7, 11) is 0.183. The van der Waals surface area contributed by atoms with Gasteiger partial charge in [-0.3, -0.25) is 0 Å². The van der Waals surface area contributed by atoms with Crippen molar-refractivity contribution >= 4 is 15.8 Å². The van der Waals surface area contributed by atoms with Gasteiger partial charge >= 0.3 is 0 Å². The van der Waals surface area contributed by atoms with Crippen molar-refractivity contribution in [2.24, 2.45) is 0 Å². The van der Waals surface area contributed by atoms with Crippen LogP contribution in [-0.2, 0) is 10.0 Å². The average Bonchev–Trinajstić information content (AvgIpc) is 3.13. The zero-order chi connectivity index (χ0) is 20.3. The zero-order valence-corrected chi connectivity index (χ0v) is 17.4. The van der Waals surface area contributed by atoms with Crippen LogP contribution in [0.4, 0.5) is 5.82 Å². The molecular formula is C19H26N4O4S. The van der Waals surface area contributed by atoms with Gasteiger partial charge in [0.15, 0.2) is 5.82 Å². The van der Waals surface area contributed by atoms with Crippen LogP contribution in [0, 0.1) is 6.92 Å². The predicted octanol–water partition coefficient (Wildman–Crippen LogP) is 2.09. The molecule has 1 aliphatic rings. The molecule has 0 aliphatic carbocycles. The van der Waals surface area contributed by atoms with Gasteiger partial charge in [0.25, 0.3) is 0 Å². The Hall–Kier alpha value is -2.39. The lowest BCUT2D eigenvalue weighted by atomic mass is 10.2. The van der Waals surface area contributed by atoms with Gasteiger partial charge in [-0.15, -0.1) is 10.2 Å². The van der Waals surface area contributed by atoms with E-state index in [0.29, 0.717) is 31.2 Å². The molecule has 0 N–H and O–H groups in total. The van der Waals surface area contributed by atoms with Gasteiger partial charge in [-0.1, -0.05) is 0 Å². The summed E-state index contributed by atoms with van der Waals surface area (Å²) < 4.78 is 38.7. The van der Waals surface area contributed by atoms with E-state index in [4.69, 9.17) is 9.47 Å². The van der Waals surface area contributed by atoms with Crippen LogP contribution in [0.15, 0.2) is 35.2 Å². The van der Waals surface area contributed by atoms with Crippen molar-refractivity contribution in [1.82, 2.24) is 14.5 Å². The van der Waals surface area contributed by atoms with E-state index >= 15 is 0 Å². The summed E-state index contributed by atoms with van der Waals surface area (Å²) in [4.78, 5) is 2.11. The molecule has 1 aromatic carbocycles. The van der Waals surface area contributed by atoms with E-state index in [1.165, 1.54) is 4.31 Å². The Kier molecular flexibility index (Phi) is 6.04. The topological polar surface area (TPSA) is 84.9 Å². The molecule has 2 heterocycles. The summed E-state index contributed by atoms with van der Waals surface area (Å²) in [5.41, 5.74) is 0.797. The molecule has 1 atom stereocenters. The molecule has 1 aliphatic heterocycles. The Morgan fingerprint density at radius 1 is 1.21 bits per heavy atom. The van der Waals surface area contributed by atoms with Gasteiger partial charge in [-0.05, 0) is 50.1 Å². The third kappa shape index (κ3) is 4.36. The molecule has 0 radical (unpaired) electrons. The van der Waals surface area contributed by atoms with Crippen molar-refractivity contribution in [2.75, 3.05) is 38.7 Å². The predicted molar refractivity (Wildman–Crippen MR) is 106 cm³/mol. The summed E-state index contributed by atoms with van der Waals surface area (Å²) in [6.07, 6.45) is 0.352. The van der Waals surface area contributed by atoms with Crippen molar-refractivity contribution in [1.29, 1.82) is 0 Å². The maximum atomic E-state index is 13.0. The lowest BCUT2D eigenvalue weighted by Crippen LogP contribution is -2.31. The molecule has 1 unspecified atom stereocenters. The van der Waals surface area contributed by atoms with E-state index in [2.05, 4.69) is 10.2 Å². The molecule has 1 fully saturated rings. The maximum absolute atomic E-state index is 13.0. The number of nitrogens with zero attached hydrogens (tertiary/aromatic N) is 4. The standard InChI is InChI=1S/C19H26N4O4S/c1-5-26-17-7-6-16(12-14(17)2)28(24,25)23-11-10-15(13-23)27-19-9-8-18(20-21-19)22(3)4/h6-9,12,15H,5,10-11,13H2,1-4H3. The normalized spacial score (nSPS) is 17.5. The summed E-state index contributed by atoms with van der Waals surface area (Å²) in [5, 5.41) is 8.13. The minimum absolute atomic E-state index is 0.252. The van der Waals surface area contributed by atoms with Crippen molar-refractivity contribution in [3.8, 4) is 11.6 Å². The number of hydrogen-bond acceptors (Lipinski definition) is 7. The molecule has 0 amide bonds. The third-order valence-electron chi connectivity index (χ3n) is 4.56. The monoisotopic (exact) mass is 406 g/mol. The zero-order valence-electron chi connectivity index (χ0n) is 16.6. The molecule has 0 bridgehead atoms. The fraction of sp³-hybridized carbons (Fsp3) is 0.474. The Bertz CT molecular complexity index is 916. The van der Waals surface area contributed by atoms with Crippen molar-refractivity contribution in [3.05, 3.63) is 35.9 Å². The number of aryl methyl sites for hydroxylation is 1. The van der Waals surface area contributed by atoms with Gasteiger partial charge in [-0.2, -0.15) is 4.31 Å². The molecule has 9 heteroatoms. The quantitative estimate of drug-likeness (QED) is 0.696. The van der Waals surface area contributed by atoms with Crippen LogP contribution >= 0.6 is 0 Å². The van der Waals surface area contributed by atoms with Crippen LogP contribution in [0.5, 0.6) is 11.6 Å². The molecule has 28 heavy (non-hydrogen) atoms. The van der Waals surface area contributed by atoms with E-state index in [9.17, 15) is 8.42 Å². The third-order valence-corrected chi connectivity index (χ3v) is 6.42. The van der Waals surface area contributed by atoms with Crippen LogP contribution in [0.1, 0.15) is 18.9 Å². The largest absolute Gasteiger partial charge is 0.494 e. The Balaban J connectivity index is 1.67. The van der Waals surface area contributed by atoms with Crippen LogP contribution in [0.2, 0.25) is 0 Å². The van der Waals surface area contributed by atoms with E-state index in [0.717, 1.165) is 11.4 Å². The number of sulfonamides is 1. The number of rotatable bonds is 7. The minimum Gasteiger partial charge on any atom is -0.494 e. The van der Waals surface area contributed by atoms with Gasteiger partial charge in [0.2, 0.25) is 15.9 Å². The van der Waals surface area contributed by atoms with Crippen molar-refractivity contribution in [2.45, 2.75) is 31.3 Å². The van der Waals surface area contributed by atoms with E-state index < -0.39 is 10.0 Å². The molecule has 0 spiro atoms. The van der Waals surface area contributed by atoms with Gasteiger partial charge in [0.05, 0.1) is 18.0 Å². The number of aromatic nitrogens is 2. The highest BCUT2D eigenvalue weighted by atomic mass is 32.2. The minimum atomic E-state index is -3.58. The lowest BCUT2D eigenvalue weighted by molar-refractivity contribution is 0.204. The summed E-state index contributed by atoms with van der Waals surface area (Å²) in [6, 6.07) is 8.51. The van der Waals surface area contributed by atoms with Crippen LogP contribution in [-0.4, -0.2) is 62.8 Å². The number of anilines is 1. The lowest BCUT2D eigenvalue weighted by Gasteiger charge is -2.18. The van der Waals surface area contributed by atoms with Gasteiger partial charge in [0, 0.05) is 26.7 Å². The van der Waals surface area contributed by atoms with E-state index in [1.54, 1.807) is 24.3 Å². The fourth-order valence-electron chi connectivity index (χ4n) is 3.05. The summed E-state index contributed by atoms with van der Waals surface area (Å²) in [5.74, 6) is 1.82. The number of benzene rings is 1. The Morgan fingerprint density at radius 2 is 2.00 bits per heavy atom. The molecule has 0 saturated carbocycles. The summed E-state index contributed by atoms with van der Waals surface area (Å²) in [6.45, 7) is 4.97. The highest BCUT2D eigenvalue weighted by Crippen LogP contribution is 2.27. The fourth-order valence-corrected chi connectivity index (χ4v) is 4.62. The molecule has 152 valence electrons. The van der Waals surface area contributed by atoms with Gasteiger partial charge in [-0.25, -0.2) is 8.42 Å². The second-order valence-electron chi connectivity index (χ2n) is 6.88. The summed E-state index contributed by atoms with van der Waals surface area (Å²) >= 11 is 0. The second kappa shape index (κ2) is 8.32. The highest BCUT2D eigenvalue weighted by Gasteiger charge is 2.34. The van der Waals surface area contributed by atoms with Crippen LogP contribution in [0.25, 0.3) is 0 Å². The van der Waals surface area contributed by atoms with Crippen molar-refractivity contribution in [3.63, 3.8) is 0 Å². The Morgan fingerprint density at radius 3 is 2.61 bits per heavy atom. The smallest absolute Gasteiger partial charge is 0.243 e. The molecule has 2 aromatic rings. The number of hydrogen-bond donors (Lipinski definition) is 0. The second-order valence-corrected chi connectivity index (χ2v) is 8.81. The van der Waals surface area contributed by atoms with Gasteiger partial charge < -0.3 is 14.4 Å². The molecule has 1 saturated heterocycles. The Labute approximate surface area is 166 Å². The van der Waals surface area contributed by atoms with Crippen LogP contribution < -0.4 is 14.4 Å². The SMILES string of the molecule is CCOc1ccc(S(=O)(=O)N2CCC(Oc3ccc(N(C)C)nn3)C2)cc1C. The first-order valence-electron chi connectivity index (χ1n) is 9.22. The molecular weight excluding hydrogens is 380 g/mol. The first-order valence-corrected chi connectivity index (χ1v) is 10.7. The first-order chi connectivity index (χ1) is 13.3. The first kappa shape index (κ1) is 20.3. The van der Waals surface area contributed by atoms with E-state index in [-0.39, 0.29) is 17.5 Å². The van der Waals surface area contributed by atoms with Crippen LogP contribution in [0.3, 0.4) is 0 Å². The molecule has 1 aromatic heterocycles.